The van der Waals surface area contributed by atoms with Gasteiger partial charge < -0.3 is 0 Å². The van der Waals surface area contributed by atoms with Gasteiger partial charge in [0.05, 0.1) is 15.6 Å². The molecular weight excluding hydrogens is 453 g/mol. The number of halogens is 3. The molecule has 8 heteroatoms. The van der Waals surface area contributed by atoms with Crippen LogP contribution in [0.1, 0.15) is 52.4 Å². The second kappa shape index (κ2) is 7.67. The first-order chi connectivity index (χ1) is 13.5. The molecule has 4 fully saturated rings. The molecule has 1 N–H and O–H groups in total. The van der Waals surface area contributed by atoms with Crippen LogP contribution in [0.4, 0.5) is 0 Å². The number of hydrogen-bond acceptors (Lipinski definition) is 3. The van der Waals surface area contributed by atoms with Gasteiger partial charge in [-0.25, -0.2) is 8.42 Å². The maximum atomic E-state index is 13.2. The first-order valence-corrected chi connectivity index (χ1v) is 12.8. The molecular formula is C21H26Cl3NO3S. The van der Waals surface area contributed by atoms with Crippen LogP contribution in [0.5, 0.6) is 0 Å². The Hall–Kier alpha value is -0.330. The monoisotopic (exact) mass is 477 g/mol. The van der Waals surface area contributed by atoms with Crippen LogP contribution in [0.2, 0.25) is 15.1 Å². The Bertz CT molecular complexity index is 893. The van der Waals surface area contributed by atoms with E-state index < -0.39 is 15.6 Å². The highest BCUT2D eigenvalue weighted by molar-refractivity contribution is 7.89. The van der Waals surface area contributed by atoms with Gasteiger partial charge in [-0.2, -0.15) is 4.72 Å². The van der Waals surface area contributed by atoms with Crippen LogP contribution in [-0.2, 0) is 14.8 Å². The number of carbonyl (C=O) groups excluding carboxylic acids is 1. The average molecular weight is 479 g/mol. The van der Waals surface area contributed by atoms with Crippen molar-refractivity contribution >= 4 is 50.6 Å². The smallest absolute Gasteiger partial charge is 0.244 e. The van der Waals surface area contributed by atoms with Crippen molar-refractivity contribution in [3.63, 3.8) is 0 Å². The van der Waals surface area contributed by atoms with Gasteiger partial charge in [0.25, 0.3) is 0 Å². The number of carbonyl (C=O) groups is 1. The van der Waals surface area contributed by atoms with Crippen molar-refractivity contribution < 1.29 is 13.2 Å². The minimum atomic E-state index is -4.10. The summed E-state index contributed by atoms with van der Waals surface area (Å²) in [4.78, 5) is 12.9. The molecule has 0 spiro atoms. The second-order valence-electron chi connectivity index (χ2n) is 9.65. The molecule has 4 nitrogen and oxygen atoms in total. The minimum Gasteiger partial charge on any atom is -0.298 e. The topological polar surface area (TPSA) is 63.2 Å². The molecule has 29 heavy (non-hydrogen) atoms. The SMILES string of the molecule is CC(C)(NS(=O)(=O)c1c(Cl)cc(Cl)cc1Cl)C(=O)CC1C2CC3CC(C2)CC1C3. The van der Waals surface area contributed by atoms with Crippen LogP contribution in [0.25, 0.3) is 0 Å². The fraction of sp³-hybridized carbons (Fsp3) is 0.667. The van der Waals surface area contributed by atoms with Gasteiger partial charge in [-0.1, -0.05) is 34.8 Å². The van der Waals surface area contributed by atoms with Crippen LogP contribution in [0, 0.1) is 29.6 Å². The minimum absolute atomic E-state index is 0.0701. The van der Waals surface area contributed by atoms with Gasteiger partial charge in [0.1, 0.15) is 4.90 Å². The molecule has 4 bridgehead atoms. The summed E-state index contributed by atoms with van der Waals surface area (Å²) < 4.78 is 28.5. The zero-order valence-corrected chi connectivity index (χ0v) is 19.6. The Labute approximate surface area is 187 Å². The maximum absolute atomic E-state index is 13.2. The van der Waals surface area contributed by atoms with Crippen LogP contribution in [0.15, 0.2) is 17.0 Å². The molecule has 5 rings (SSSR count). The van der Waals surface area contributed by atoms with E-state index in [-0.39, 0.29) is 25.7 Å². The van der Waals surface area contributed by atoms with E-state index in [4.69, 9.17) is 34.8 Å². The van der Waals surface area contributed by atoms with Gasteiger partial charge in [-0.15, -0.1) is 0 Å². The normalized spacial score (nSPS) is 31.3. The van der Waals surface area contributed by atoms with Gasteiger partial charge in [-0.3, -0.25) is 4.79 Å². The van der Waals surface area contributed by atoms with E-state index in [1.165, 1.54) is 44.2 Å². The number of sulfonamides is 1. The summed E-state index contributed by atoms with van der Waals surface area (Å²) >= 11 is 18.1. The molecule has 0 aliphatic heterocycles. The second-order valence-corrected chi connectivity index (χ2v) is 12.5. The summed E-state index contributed by atoms with van der Waals surface area (Å²) in [6.45, 7) is 3.22. The molecule has 4 aliphatic rings. The molecule has 0 heterocycles. The van der Waals surface area contributed by atoms with Crippen molar-refractivity contribution in [3.05, 3.63) is 27.2 Å². The van der Waals surface area contributed by atoms with E-state index in [1.54, 1.807) is 13.8 Å². The Kier molecular flexibility index (Phi) is 5.79. The number of ketones is 1. The molecule has 4 saturated carbocycles. The van der Waals surface area contributed by atoms with Crippen molar-refractivity contribution in [2.24, 2.45) is 29.6 Å². The number of hydrogen-bond donors (Lipinski definition) is 1. The summed E-state index contributed by atoms with van der Waals surface area (Å²) in [6, 6.07) is 2.65. The van der Waals surface area contributed by atoms with Crippen LogP contribution >= 0.6 is 34.8 Å². The summed E-state index contributed by atoms with van der Waals surface area (Å²) in [7, 11) is -4.10. The predicted molar refractivity (Wildman–Crippen MR) is 116 cm³/mol. The summed E-state index contributed by atoms with van der Waals surface area (Å²) in [5.41, 5.74) is -1.25. The third kappa shape index (κ3) is 4.23. The standard InChI is InChI=1S/C21H26Cl3NO3S/c1-21(2,25-29(27,28)20-17(23)8-15(22)9-18(20)24)19(26)10-16-13-4-11-3-12(6-13)7-14(16)5-11/h8-9,11-14,16,25H,3-7,10H2,1-2H3. The van der Waals surface area contributed by atoms with E-state index >= 15 is 0 Å². The highest BCUT2D eigenvalue weighted by Gasteiger charge is 2.49. The first kappa shape index (κ1) is 21.9. The molecule has 0 amide bonds. The van der Waals surface area contributed by atoms with Crippen LogP contribution < -0.4 is 4.72 Å². The molecule has 0 radical (unpaired) electrons. The lowest BCUT2D eigenvalue weighted by Crippen LogP contribution is -2.52. The molecule has 0 aromatic heterocycles. The van der Waals surface area contributed by atoms with E-state index in [9.17, 15) is 13.2 Å². The quantitative estimate of drug-likeness (QED) is 0.567. The fourth-order valence-corrected chi connectivity index (χ4v) is 9.02. The van der Waals surface area contributed by atoms with E-state index in [0.29, 0.717) is 24.2 Å². The van der Waals surface area contributed by atoms with E-state index in [1.807, 2.05) is 0 Å². The van der Waals surface area contributed by atoms with Gasteiger partial charge in [0.15, 0.2) is 5.78 Å². The molecule has 0 atom stereocenters. The number of benzene rings is 1. The molecule has 1 aromatic rings. The molecule has 1 aromatic carbocycles. The predicted octanol–water partition coefficient (Wildman–Crippen LogP) is 5.74. The molecule has 0 unspecified atom stereocenters. The van der Waals surface area contributed by atoms with E-state index in [0.717, 1.165) is 11.8 Å². The Morgan fingerprint density at radius 2 is 1.48 bits per heavy atom. The molecule has 0 saturated heterocycles. The Morgan fingerprint density at radius 3 is 1.97 bits per heavy atom. The summed E-state index contributed by atoms with van der Waals surface area (Å²) in [5, 5.41) is 0.106. The zero-order chi connectivity index (χ0) is 21.1. The van der Waals surface area contributed by atoms with Crippen molar-refractivity contribution in [2.45, 2.75) is 62.8 Å². The van der Waals surface area contributed by atoms with Crippen molar-refractivity contribution in [2.75, 3.05) is 0 Å². The van der Waals surface area contributed by atoms with Crippen LogP contribution in [-0.4, -0.2) is 19.7 Å². The van der Waals surface area contributed by atoms with Crippen LogP contribution in [0.3, 0.4) is 0 Å². The molecule has 160 valence electrons. The Morgan fingerprint density at radius 1 is 1.00 bits per heavy atom. The van der Waals surface area contributed by atoms with Crippen molar-refractivity contribution in [3.8, 4) is 0 Å². The van der Waals surface area contributed by atoms with Gasteiger partial charge in [-0.05, 0) is 87.7 Å². The average Bonchev–Trinajstić information content (AvgIpc) is 2.54. The summed E-state index contributed by atoms with van der Waals surface area (Å²) in [5.74, 6) is 3.20. The summed E-state index contributed by atoms with van der Waals surface area (Å²) in [6.07, 6.45) is 6.70. The Balaban J connectivity index is 1.50. The zero-order valence-electron chi connectivity index (χ0n) is 16.6. The largest absolute Gasteiger partial charge is 0.298 e. The first-order valence-electron chi connectivity index (χ1n) is 10.2. The van der Waals surface area contributed by atoms with Crippen molar-refractivity contribution in [1.82, 2.24) is 4.72 Å². The third-order valence-corrected chi connectivity index (χ3v) is 9.96. The fourth-order valence-electron chi connectivity index (χ4n) is 6.07. The van der Waals surface area contributed by atoms with Gasteiger partial charge in [0.2, 0.25) is 10.0 Å². The number of Topliss-reactive ketones (excluding diaryl/α,β-unsaturated/α-hetero) is 1. The lowest BCUT2D eigenvalue weighted by molar-refractivity contribution is -0.128. The van der Waals surface area contributed by atoms with Crippen molar-refractivity contribution in [1.29, 1.82) is 0 Å². The highest BCUT2D eigenvalue weighted by atomic mass is 35.5. The molecule has 4 aliphatic carbocycles. The highest BCUT2D eigenvalue weighted by Crippen LogP contribution is 2.57. The lowest BCUT2D eigenvalue weighted by Gasteiger charge is -2.54. The van der Waals surface area contributed by atoms with Gasteiger partial charge >= 0.3 is 0 Å². The third-order valence-electron chi connectivity index (χ3n) is 7.16. The number of nitrogens with one attached hydrogen (secondary N) is 1. The number of rotatable bonds is 6. The maximum Gasteiger partial charge on any atom is 0.244 e. The van der Waals surface area contributed by atoms with E-state index in [2.05, 4.69) is 4.72 Å². The van der Waals surface area contributed by atoms with Gasteiger partial charge in [0, 0.05) is 11.4 Å². The lowest BCUT2D eigenvalue weighted by atomic mass is 9.51.